The smallest absolute Gasteiger partial charge is 0.0342 e. The van der Waals surface area contributed by atoms with Crippen LogP contribution >= 0.6 is 22.7 Å². The van der Waals surface area contributed by atoms with E-state index in [2.05, 4.69) is 85.4 Å². The Labute approximate surface area is 657 Å². The first-order valence-corrected chi connectivity index (χ1v) is 53.4. The summed E-state index contributed by atoms with van der Waals surface area (Å²) in [5.74, 6) is 0. The van der Waals surface area contributed by atoms with Crippen LogP contribution < -0.4 is 0 Å². The molecule has 2 aliphatic carbocycles. The van der Waals surface area contributed by atoms with Gasteiger partial charge in [0.1, 0.15) is 0 Å². The molecular formula is C99H176S2Si2. The second-order valence-electron chi connectivity index (χ2n) is 34.7. The summed E-state index contributed by atoms with van der Waals surface area (Å²) in [6, 6.07) is 5.39. The fraction of sp³-hybridized carbons (Fsp3) is 0.838. The zero-order valence-electron chi connectivity index (χ0n) is 70.1. The molecule has 0 nitrogen and oxygen atoms in total. The van der Waals surface area contributed by atoms with E-state index in [0.717, 1.165) is 0 Å². The Morgan fingerprint density at radius 2 is 0.515 bits per heavy atom. The van der Waals surface area contributed by atoms with Crippen molar-refractivity contribution in [3.8, 4) is 0 Å². The summed E-state index contributed by atoms with van der Waals surface area (Å²) in [4.78, 5) is 3.27. The lowest BCUT2D eigenvalue weighted by Crippen LogP contribution is -2.27. The van der Waals surface area contributed by atoms with Gasteiger partial charge in [-0.05, 0) is 114 Å². The summed E-state index contributed by atoms with van der Waals surface area (Å²) < 4.78 is 0. The molecule has 1 aliphatic heterocycles. The first kappa shape index (κ1) is 92.4. The predicted molar refractivity (Wildman–Crippen MR) is 479 cm³/mol. The number of hydrogen-bond acceptors (Lipinski definition) is 2. The Bertz CT molecular complexity index is 2360. The molecule has 0 fully saturated rings. The van der Waals surface area contributed by atoms with Crippen LogP contribution in [-0.4, -0.2) is 27.6 Å². The highest BCUT2D eigenvalue weighted by Gasteiger charge is 2.42. The van der Waals surface area contributed by atoms with Crippen LogP contribution in [-0.2, 0) is 12.8 Å². The second-order valence-corrected chi connectivity index (χ2v) is 40.6. The zero-order chi connectivity index (χ0) is 72.5. The lowest BCUT2D eigenvalue weighted by molar-refractivity contribution is 0.352. The van der Waals surface area contributed by atoms with Crippen LogP contribution in [0.15, 0.2) is 51.8 Å². The summed E-state index contributed by atoms with van der Waals surface area (Å²) in [6.07, 6.45) is 118. The zero-order valence-corrected chi connectivity index (χ0v) is 74.0. The maximum atomic E-state index is 2.98. The van der Waals surface area contributed by atoms with E-state index in [-0.39, 0.29) is 5.41 Å². The Morgan fingerprint density at radius 3 is 0.806 bits per heavy atom. The molecule has 0 saturated carbocycles. The Hall–Kier alpha value is -1.21. The van der Waals surface area contributed by atoms with Gasteiger partial charge in [0, 0.05) is 32.5 Å². The van der Waals surface area contributed by atoms with Crippen molar-refractivity contribution >= 4 is 55.9 Å². The van der Waals surface area contributed by atoms with E-state index >= 15 is 0 Å². The van der Waals surface area contributed by atoms with Crippen LogP contribution in [0.3, 0.4) is 0 Å². The molecule has 0 radical (unpaired) electrons. The van der Waals surface area contributed by atoms with Gasteiger partial charge in [0.15, 0.2) is 0 Å². The van der Waals surface area contributed by atoms with Crippen molar-refractivity contribution < 1.29 is 0 Å². The molecule has 0 unspecified atom stereocenters. The van der Waals surface area contributed by atoms with E-state index in [9.17, 15) is 0 Å². The van der Waals surface area contributed by atoms with Gasteiger partial charge in [-0.2, -0.15) is 0 Å². The molecule has 5 rings (SSSR count). The van der Waals surface area contributed by atoms with E-state index in [0.29, 0.717) is 17.3 Å². The molecule has 0 saturated heterocycles. The Morgan fingerprint density at radius 1 is 0.272 bits per heavy atom. The Kier molecular flexibility index (Phi) is 59.7. The molecule has 2 aromatic rings. The van der Waals surface area contributed by atoms with Gasteiger partial charge in [0.25, 0.3) is 0 Å². The average Bonchev–Trinajstić information content (AvgIpc) is 1.60. The number of hydrogen-bond donors (Lipinski definition) is 0. The molecule has 0 amide bonds. The summed E-state index contributed by atoms with van der Waals surface area (Å²) in [5, 5.41) is 9.02. The second kappa shape index (κ2) is 66.6. The summed E-state index contributed by atoms with van der Waals surface area (Å²) in [6.45, 7) is 9.33. The van der Waals surface area contributed by atoms with E-state index < -0.39 is 0 Å². The van der Waals surface area contributed by atoms with Crippen LogP contribution in [0.4, 0.5) is 0 Å². The van der Waals surface area contributed by atoms with Crippen molar-refractivity contribution in [2.45, 2.75) is 529 Å². The Balaban J connectivity index is 1.16. The van der Waals surface area contributed by atoms with Crippen molar-refractivity contribution in [1.29, 1.82) is 0 Å². The molecule has 0 atom stereocenters. The van der Waals surface area contributed by atoms with Crippen LogP contribution in [0, 0.1) is 5.41 Å². The number of rotatable bonds is 78. The van der Waals surface area contributed by atoms with Crippen molar-refractivity contribution in [1.82, 2.24) is 0 Å². The summed E-state index contributed by atoms with van der Waals surface area (Å²) in [7, 11) is 0.812. The van der Waals surface area contributed by atoms with E-state index in [4.69, 9.17) is 0 Å². The van der Waals surface area contributed by atoms with Gasteiger partial charge in [0.2, 0.25) is 0 Å². The predicted octanol–water partition coefficient (Wildman–Crippen LogP) is 34.4. The molecule has 0 bridgehead atoms. The summed E-state index contributed by atoms with van der Waals surface area (Å²) in [5.41, 5.74) is 10.6. The molecule has 3 aliphatic rings. The van der Waals surface area contributed by atoms with Crippen LogP contribution in [0.1, 0.15) is 537 Å². The summed E-state index contributed by atoms with van der Waals surface area (Å²) >= 11 is 4.23. The maximum absolute atomic E-state index is 2.98. The third-order valence-corrected chi connectivity index (χ3v) is 32.2. The van der Waals surface area contributed by atoms with Gasteiger partial charge < -0.3 is 0 Å². The van der Waals surface area contributed by atoms with E-state index in [1.807, 2.05) is 21.5 Å². The molecule has 4 heteroatoms. The van der Waals surface area contributed by atoms with Gasteiger partial charge in [-0.1, -0.05) is 494 Å². The van der Waals surface area contributed by atoms with Gasteiger partial charge in [-0.25, -0.2) is 0 Å². The SMILES string of the molecule is CCCCCCCCCCCCCCCCCCCCc1csc(C2=CC(CCCCCCCCCCCCCCCCCCCC)(CCCCCCCCCCCCCCCCCCCC)C3=C4CC(c5cc(CCCCCCCCCCCCCCCCCCCC)cs5)=[SiH][SiH]=C4CC3=C2)c1. The van der Waals surface area contributed by atoms with E-state index in [1.54, 1.807) is 32.0 Å². The highest BCUT2D eigenvalue weighted by Crippen LogP contribution is 2.55. The monoisotopic (exact) mass is 1490 g/mol. The average molecular weight is 1490 g/mol. The molecule has 592 valence electrons. The first-order chi connectivity index (χ1) is 51.1. The molecule has 0 spiro atoms. The number of aryl methyl sites for hydroxylation is 2. The van der Waals surface area contributed by atoms with Crippen molar-refractivity contribution in [2.24, 2.45) is 5.41 Å². The maximum Gasteiger partial charge on any atom is 0.0342 e. The fourth-order valence-electron chi connectivity index (χ4n) is 18.2. The minimum atomic E-state index is 0.183. The molecular weight excluding hydrogens is 1310 g/mol. The standard InChI is InChI=1S/C99H176S2Si2/c1-5-9-13-17-21-25-29-33-37-41-45-49-53-57-61-65-69-73-77-89-81-94(100-87-89)92-83-91-84-96-93(85-97(103-102-96)95-82-90(88-101-95)78-74-70-66-62-58-54-50-46-42-38-34-30-26-22-18-14-10-6-2)98(91)99(86-92,79-75-71-67-63-59-55-51-47-43-39-35-31-27-23-19-15-11-7-3)80-76-72-68-64-60-56-52-48-44-40-36-32-28-24-20-16-12-8-4/h81-83,86-88,102-103H,5-80,84-85H2,1-4H3. The number of allylic oxidation sites excluding steroid dienone is 6. The number of unbranched alkanes of at least 4 members (excludes halogenated alkanes) is 68. The van der Waals surface area contributed by atoms with Gasteiger partial charge in [-0.3, -0.25) is 0 Å². The number of thiophene rings is 2. The van der Waals surface area contributed by atoms with Crippen molar-refractivity contribution in [3.63, 3.8) is 0 Å². The first-order valence-electron chi connectivity index (χ1n) is 47.8. The lowest BCUT2D eigenvalue weighted by Gasteiger charge is -2.38. The van der Waals surface area contributed by atoms with Gasteiger partial charge >= 0.3 is 0 Å². The highest BCUT2D eigenvalue weighted by molar-refractivity contribution is 7.17. The third-order valence-electron chi connectivity index (χ3n) is 25.0. The number of fused-ring (bicyclic) bond motifs is 2. The van der Waals surface area contributed by atoms with Crippen LogP contribution in [0.2, 0.25) is 0 Å². The molecule has 3 heterocycles. The van der Waals surface area contributed by atoms with Gasteiger partial charge in [0.05, 0.1) is 0 Å². The van der Waals surface area contributed by atoms with Crippen LogP contribution in [0.5, 0.6) is 0 Å². The minimum Gasteiger partial charge on any atom is -0.144 e. The third kappa shape index (κ3) is 45.7. The van der Waals surface area contributed by atoms with Crippen molar-refractivity contribution in [2.75, 3.05) is 0 Å². The normalized spacial score (nSPS) is 14.3. The lowest BCUT2D eigenvalue weighted by atomic mass is 9.66. The highest BCUT2D eigenvalue weighted by atomic mass is 32.1. The minimum absolute atomic E-state index is 0.183. The largest absolute Gasteiger partial charge is 0.144 e. The molecule has 0 N–H and O–H groups in total. The topological polar surface area (TPSA) is 0 Å². The van der Waals surface area contributed by atoms with Gasteiger partial charge in [-0.15, -0.1) is 22.7 Å². The fourth-order valence-corrected chi connectivity index (χ4v) is 25.6. The molecule has 0 aromatic carbocycles. The van der Waals surface area contributed by atoms with Crippen molar-refractivity contribution in [3.05, 3.63) is 72.6 Å². The van der Waals surface area contributed by atoms with Crippen LogP contribution in [0.25, 0.3) is 5.57 Å². The quantitative estimate of drug-likeness (QED) is 0.0457. The van der Waals surface area contributed by atoms with E-state index in [1.165, 1.54) is 501 Å². The molecule has 2 aromatic heterocycles. The molecule has 103 heavy (non-hydrogen) atoms.